The highest BCUT2D eigenvalue weighted by Crippen LogP contribution is 2.20. The lowest BCUT2D eigenvalue weighted by Gasteiger charge is -2.30. The summed E-state index contributed by atoms with van der Waals surface area (Å²) in [5.74, 6) is 1.26. The number of rotatable bonds is 8. The summed E-state index contributed by atoms with van der Waals surface area (Å²) >= 11 is 0. The standard InChI is InChI=1S/C15H31N3O2/c1-12(2)13(6-7-16)4-5-15(19)17-10-14-11-18(3)8-9-20-14/h12-14H,4-11,16H2,1-3H3,(H,17,19). The van der Waals surface area contributed by atoms with Crippen molar-refractivity contribution in [3.05, 3.63) is 0 Å². The largest absolute Gasteiger partial charge is 0.374 e. The SMILES string of the molecule is CC(C)C(CCN)CCC(=O)NCC1CN(C)CCO1. The van der Waals surface area contributed by atoms with Crippen molar-refractivity contribution in [3.8, 4) is 0 Å². The van der Waals surface area contributed by atoms with Gasteiger partial charge >= 0.3 is 0 Å². The number of carbonyl (C=O) groups is 1. The van der Waals surface area contributed by atoms with Crippen LogP contribution < -0.4 is 11.1 Å². The van der Waals surface area contributed by atoms with Gasteiger partial charge in [-0.15, -0.1) is 0 Å². The molecule has 1 rings (SSSR count). The Morgan fingerprint density at radius 2 is 2.20 bits per heavy atom. The first-order valence-corrected chi connectivity index (χ1v) is 7.79. The molecule has 0 saturated carbocycles. The van der Waals surface area contributed by atoms with Gasteiger partial charge in [0.15, 0.2) is 0 Å². The Morgan fingerprint density at radius 1 is 1.45 bits per heavy atom. The normalized spacial score (nSPS) is 21.9. The van der Waals surface area contributed by atoms with Gasteiger partial charge in [0, 0.05) is 26.1 Å². The van der Waals surface area contributed by atoms with Gasteiger partial charge in [0.25, 0.3) is 0 Å². The smallest absolute Gasteiger partial charge is 0.220 e. The third kappa shape index (κ3) is 6.68. The number of hydrogen-bond donors (Lipinski definition) is 2. The van der Waals surface area contributed by atoms with E-state index in [0.717, 1.165) is 32.5 Å². The van der Waals surface area contributed by atoms with Crippen LogP contribution in [0.4, 0.5) is 0 Å². The molecule has 0 aromatic carbocycles. The van der Waals surface area contributed by atoms with Crippen LogP contribution >= 0.6 is 0 Å². The maximum Gasteiger partial charge on any atom is 0.220 e. The minimum atomic E-state index is 0.127. The Morgan fingerprint density at radius 3 is 2.80 bits per heavy atom. The summed E-state index contributed by atoms with van der Waals surface area (Å²) in [5, 5.41) is 2.99. The molecule has 118 valence electrons. The van der Waals surface area contributed by atoms with Gasteiger partial charge in [-0.2, -0.15) is 0 Å². The zero-order valence-corrected chi connectivity index (χ0v) is 13.2. The lowest BCUT2D eigenvalue weighted by atomic mass is 9.88. The van der Waals surface area contributed by atoms with Gasteiger partial charge < -0.3 is 20.7 Å². The van der Waals surface area contributed by atoms with Crippen LogP contribution in [0.2, 0.25) is 0 Å². The first-order valence-electron chi connectivity index (χ1n) is 7.79. The van der Waals surface area contributed by atoms with Crippen molar-refractivity contribution >= 4 is 5.91 Å². The van der Waals surface area contributed by atoms with Crippen molar-refractivity contribution in [3.63, 3.8) is 0 Å². The van der Waals surface area contributed by atoms with E-state index < -0.39 is 0 Å². The van der Waals surface area contributed by atoms with Gasteiger partial charge in [-0.25, -0.2) is 0 Å². The van der Waals surface area contributed by atoms with Gasteiger partial charge in [-0.3, -0.25) is 4.79 Å². The summed E-state index contributed by atoms with van der Waals surface area (Å²) < 4.78 is 5.63. The zero-order valence-electron chi connectivity index (χ0n) is 13.2. The molecule has 20 heavy (non-hydrogen) atoms. The van der Waals surface area contributed by atoms with Crippen molar-refractivity contribution in [2.24, 2.45) is 17.6 Å². The van der Waals surface area contributed by atoms with E-state index in [4.69, 9.17) is 10.5 Å². The van der Waals surface area contributed by atoms with Crippen LogP contribution in [0.1, 0.15) is 33.1 Å². The van der Waals surface area contributed by atoms with E-state index in [1.807, 2.05) is 0 Å². The monoisotopic (exact) mass is 285 g/mol. The molecule has 0 spiro atoms. The van der Waals surface area contributed by atoms with E-state index in [1.165, 1.54) is 0 Å². The minimum Gasteiger partial charge on any atom is -0.374 e. The van der Waals surface area contributed by atoms with E-state index in [1.54, 1.807) is 0 Å². The fourth-order valence-corrected chi connectivity index (χ4v) is 2.65. The van der Waals surface area contributed by atoms with E-state index >= 15 is 0 Å². The molecule has 5 heteroatoms. The number of nitrogens with two attached hydrogens (primary N) is 1. The minimum absolute atomic E-state index is 0.127. The van der Waals surface area contributed by atoms with Crippen LogP contribution in [0.5, 0.6) is 0 Å². The predicted octanol–water partition coefficient (Wildman–Crippen LogP) is 0.834. The molecule has 0 radical (unpaired) electrons. The fraction of sp³-hybridized carbons (Fsp3) is 0.933. The molecule has 0 bridgehead atoms. The van der Waals surface area contributed by atoms with Crippen molar-refractivity contribution < 1.29 is 9.53 Å². The maximum atomic E-state index is 11.9. The number of amides is 1. The molecule has 1 fully saturated rings. The van der Waals surface area contributed by atoms with E-state index in [-0.39, 0.29) is 12.0 Å². The topological polar surface area (TPSA) is 67.6 Å². The van der Waals surface area contributed by atoms with Crippen molar-refractivity contribution in [1.29, 1.82) is 0 Å². The number of nitrogens with zero attached hydrogens (tertiary/aromatic N) is 1. The molecular weight excluding hydrogens is 254 g/mol. The lowest BCUT2D eigenvalue weighted by molar-refractivity contribution is -0.122. The Labute approximate surface area is 123 Å². The maximum absolute atomic E-state index is 11.9. The Hall–Kier alpha value is -0.650. The highest BCUT2D eigenvalue weighted by atomic mass is 16.5. The number of likely N-dealkylation sites (N-methyl/N-ethyl adjacent to an activating group) is 1. The highest BCUT2D eigenvalue weighted by molar-refractivity contribution is 5.75. The second-order valence-corrected chi connectivity index (χ2v) is 6.18. The fourth-order valence-electron chi connectivity index (χ4n) is 2.65. The zero-order chi connectivity index (χ0) is 15.0. The third-order valence-corrected chi connectivity index (χ3v) is 4.09. The second kappa shape index (κ2) is 9.32. The molecule has 0 aromatic rings. The number of ether oxygens (including phenoxy) is 1. The molecule has 5 nitrogen and oxygen atoms in total. The van der Waals surface area contributed by atoms with Crippen molar-refractivity contribution in [2.75, 3.05) is 39.8 Å². The summed E-state index contributed by atoms with van der Waals surface area (Å²) in [4.78, 5) is 14.1. The van der Waals surface area contributed by atoms with Gasteiger partial charge in [0.05, 0.1) is 12.7 Å². The molecule has 3 N–H and O–H groups in total. The van der Waals surface area contributed by atoms with E-state index in [0.29, 0.717) is 31.3 Å². The van der Waals surface area contributed by atoms with Crippen LogP contribution in [-0.2, 0) is 9.53 Å². The lowest BCUT2D eigenvalue weighted by Crippen LogP contribution is -2.45. The molecule has 0 aliphatic carbocycles. The van der Waals surface area contributed by atoms with Crippen molar-refractivity contribution in [1.82, 2.24) is 10.2 Å². The van der Waals surface area contributed by atoms with Crippen LogP contribution in [0, 0.1) is 11.8 Å². The van der Waals surface area contributed by atoms with Crippen LogP contribution in [0.15, 0.2) is 0 Å². The molecule has 1 aliphatic heterocycles. The van der Waals surface area contributed by atoms with Gasteiger partial charge in [-0.05, 0) is 38.3 Å². The number of morpholine rings is 1. The molecule has 0 aromatic heterocycles. The Balaban J connectivity index is 2.19. The number of nitrogens with one attached hydrogen (secondary N) is 1. The average molecular weight is 285 g/mol. The first-order chi connectivity index (χ1) is 9.52. The summed E-state index contributed by atoms with van der Waals surface area (Å²) in [6.07, 6.45) is 2.64. The van der Waals surface area contributed by atoms with E-state index in [9.17, 15) is 4.79 Å². The quantitative estimate of drug-likeness (QED) is 0.693. The molecule has 1 aliphatic rings. The molecule has 1 amide bonds. The van der Waals surface area contributed by atoms with Crippen molar-refractivity contribution in [2.45, 2.75) is 39.2 Å². The van der Waals surface area contributed by atoms with Crippen LogP contribution in [-0.4, -0.2) is 56.7 Å². The van der Waals surface area contributed by atoms with Crippen LogP contribution in [0.3, 0.4) is 0 Å². The number of carbonyl (C=O) groups excluding carboxylic acids is 1. The Bertz CT molecular complexity index is 284. The summed E-state index contributed by atoms with van der Waals surface area (Å²) in [6.45, 7) is 8.33. The Kier molecular flexibility index (Phi) is 8.11. The first kappa shape index (κ1) is 17.4. The number of hydrogen-bond acceptors (Lipinski definition) is 4. The second-order valence-electron chi connectivity index (χ2n) is 6.18. The molecule has 2 atom stereocenters. The van der Waals surface area contributed by atoms with Gasteiger partial charge in [-0.1, -0.05) is 13.8 Å². The molecule has 1 saturated heterocycles. The summed E-state index contributed by atoms with van der Waals surface area (Å²) in [5.41, 5.74) is 5.62. The highest BCUT2D eigenvalue weighted by Gasteiger charge is 2.19. The molecule has 2 unspecified atom stereocenters. The molecular formula is C15H31N3O2. The average Bonchev–Trinajstić information content (AvgIpc) is 2.41. The summed E-state index contributed by atoms with van der Waals surface area (Å²) in [7, 11) is 2.08. The van der Waals surface area contributed by atoms with Crippen LogP contribution in [0.25, 0.3) is 0 Å². The predicted molar refractivity (Wildman–Crippen MR) is 81.5 cm³/mol. The summed E-state index contributed by atoms with van der Waals surface area (Å²) in [6, 6.07) is 0. The van der Waals surface area contributed by atoms with Gasteiger partial charge in [0.1, 0.15) is 0 Å². The molecule has 1 heterocycles. The van der Waals surface area contributed by atoms with E-state index in [2.05, 4.69) is 31.1 Å². The van der Waals surface area contributed by atoms with Gasteiger partial charge in [0.2, 0.25) is 5.91 Å². The third-order valence-electron chi connectivity index (χ3n) is 4.09.